The van der Waals surface area contributed by atoms with Crippen molar-refractivity contribution < 1.29 is 9.84 Å². The quantitative estimate of drug-likeness (QED) is 0.628. The molecule has 0 spiro atoms. The largest absolute Gasteiger partial charge is 0.493 e. The van der Waals surface area contributed by atoms with Gasteiger partial charge in [-0.3, -0.25) is 0 Å². The first-order valence-corrected chi connectivity index (χ1v) is 8.08. The fourth-order valence-corrected chi connectivity index (χ4v) is 2.54. The van der Waals surface area contributed by atoms with E-state index >= 15 is 0 Å². The molecule has 0 amide bonds. The molecule has 0 aliphatic carbocycles. The van der Waals surface area contributed by atoms with Gasteiger partial charge in [0.1, 0.15) is 5.75 Å². The second-order valence-electron chi connectivity index (χ2n) is 4.83. The van der Waals surface area contributed by atoms with E-state index in [1.54, 1.807) is 0 Å². The normalized spacial score (nSPS) is 12.4. The van der Waals surface area contributed by atoms with Crippen LogP contribution in [0.3, 0.4) is 0 Å². The number of aliphatic hydroxyl groups excluding tert-OH is 1. The molecule has 0 saturated heterocycles. The van der Waals surface area contributed by atoms with Crippen molar-refractivity contribution in [3.8, 4) is 5.75 Å². The summed E-state index contributed by atoms with van der Waals surface area (Å²) in [7, 11) is 0. The van der Waals surface area contributed by atoms with Gasteiger partial charge in [-0.05, 0) is 31.5 Å². The van der Waals surface area contributed by atoms with Crippen molar-refractivity contribution in [2.45, 2.75) is 58.5 Å². The summed E-state index contributed by atoms with van der Waals surface area (Å²) in [5, 5.41) is 10.3. The fourth-order valence-electron chi connectivity index (χ4n) is 2.16. The summed E-state index contributed by atoms with van der Waals surface area (Å²) in [4.78, 5) is 0. The summed E-state index contributed by atoms with van der Waals surface area (Å²) in [6.45, 7) is 4.80. The minimum Gasteiger partial charge on any atom is -0.493 e. The number of rotatable bonds is 9. The average Bonchev–Trinajstić information content (AvgIpc) is 2.40. The molecule has 0 bridgehead atoms. The Bertz CT molecular complexity index is 366. The Morgan fingerprint density at radius 2 is 1.89 bits per heavy atom. The Morgan fingerprint density at radius 1 is 1.16 bits per heavy atom. The Labute approximate surface area is 125 Å². The number of hydrogen-bond acceptors (Lipinski definition) is 2. The molecule has 0 aliphatic rings. The van der Waals surface area contributed by atoms with Crippen molar-refractivity contribution in [1.82, 2.24) is 0 Å². The van der Waals surface area contributed by atoms with Crippen molar-refractivity contribution in [3.63, 3.8) is 0 Å². The molecule has 0 saturated carbocycles. The van der Waals surface area contributed by atoms with Gasteiger partial charge in [0.05, 0.1) is 12.7 Å². The first kappa shape index (κ1) is 16.5. The highest BCUT2D eigenvalue weighted by atomic mass is 79.9. The summed E-state index contributed by atoms with van der Waals surface area (Å²) in [5.41, 5.74) is 0.895. The van der Waals surface area contributed by atoms with E-state index in [0.29, 0.717) is 6.61 Å². The third-order valence-electron chi connectivity index (χ3n) is 3.21. The molecule has 0 radical (unpaired) electrons. The minimum atomic E-state index is -0.430. The summed E-state index contributed by atoms with van der Waals surface area (Å²) in [6.07, 6.45) is 6.45. The third kappa shape index (κ3) is 5.96. The summed E-state index contributed by atoms with van der Waals surface area (Å²) in [5.74, 6) is 0.798. The Morgan fingerprint density at radius 3 is 2.58 bits per heavy atom. The third-order valence-corrected chi connectivity index (χ3v) is 3.71. The van der Waals surface area contributed by atoms with Crippen molar-refractivity contribution in [3.05, 3.63) is 28.2 Å². The van der Waals surface area contributed by atoms with Crippen LogP contribution in [0.25, 0.3) is 0 Å². The van der Waals surface area contributed by atoms with Crippen LogP contribution >= 0.6 is 15.9 Å². The first-order valence-electron chi connectivity index (χ1n) is 7.29. The van der Waals surface area contributed by atoms with Crippen molar-refractivity contribution in [1.29, 1.82) is 0 Å². The van der Waals surface area contributed by atoms with Gasteiger partial charge < -0.3 is 9.84 Å². The Hall–Kier alpha value is -0.540. The molecular weight excluding hydrogens is 304 g/mol. The lowest BCUT2D eigenvalue weighted by atomic mass is 10.0. The lowest BCUT2D eigenvalue weighted by Gasteiger charge is -2.16. The van der Waals surface area contributed by atoms with Crippen LogP contribution < -0.4 is 4.74 Å². The zero-order valence-electron chi connectivity index (χ0n) is 12.0. The highest BCUT2D eigenvalue weighted by Crippen LogP contribution is 2.31. The van der Waals surface area contributed by atoms with Crippen molar-refractivity contribution >= 4 is 15.9 Å². The van der Waals surface area contributed by atoms with Crippen molar-refractivity contribution in [2.24, 2.45) is 0 Å². The molecule has 0 aliphatic heterocycles. The number of unbranched alkanes of at least 4 members (excludes halogenated alkanes) is 4. The van der Waals surface area contributed by atoms with Gasteiger partial charge in [-0.1, -0.05) is 55.0 Å². The second-order valence-corrected chi connectivity index (χ2v) is 5.75. The van der Waals surface area contributed by atoms with Gasteiger partial charge in [0.2, 0.25) is 0 Å². The van der Waals surface area contributed by atoms with E-state index < -0.39 is 6.10 Å². The monoisotopic (exact) mass is 328 g/mol. The van der Waals surface area contributed by atoms with E-state index in [0.717, 1.165) is 28.6 Å². The van der Waals surface area contributed by atoms with E-state index in [-0.39, 0.29) is 0 Å². The van der Waals surface area contributed by atoms with Gasteiger partial charge in [-0.15, -0.1) is 0 Å². The molecule has 0 fully saturated rings. The molecule has 1 unspecified atom stereocenters. The molecule has 3 heteroatoms. The second kappa shape index (κ2) is 9.38. The van der Waals surface area contributed by atoms with Crippen LogP contribution in [0.4, 0.5) is 0 Å². The Kier molecular flexibility index (Phi) is 8.15. The molecule has 108 valence electrons. The van der Waals surface area contributed by atoms with Gasteiger partial charge in [0.25, 0.3) is 0 Å². The van der Waals surface area contributed by atoms with Crippen molar-refractivity contribution in [2.75, 3.05) is 6.61 Å². The number of hydrogen-bond donors (Lipinski definition) is 1. The van der Waals surface area contributed by atoms with Gasteiger partial charge in [0.15, 0.2) is 0 Å². The highest BCUT2D eigenvalue weighted by molar-refractivity contribution is 9.10. The molecule has 19 heavy (non-hydrogen) atoms. The topological polar surface area (TPSA) is 29.5 Å². The molecule has 1 N–H and O–H groups in total. The van der Waals surface area contributed by atoms with Gasteiger partial charge in [-0.2, -0.15) is 0 Å². The number of aliphatic hydroxyl groups is 1. The zero-order valence-corrected chi connectivity index (χ0v) is 13.6. The summed E-state index contributed by atoms with van der Waals surface area (Å²) < 4.78 is 6.56. The first-order chi connectivity index (χ1) is 9.19. The lowest BCUT2D eigenvalue weighted by molar-refractivity contribution is 0.158. The van der Waals surface area contributed by atoms with Crippen LogP contribution in [-0.2, 0) is 0 Å². The predicted octanol–water partition coefficient (Wildman–Crippen LogP) is 5.24. The summed E-state index contributed by atoms with van der Waals surface area (Å²) >= 11 is 3.45. The van der Waals surface area contributed by atoms with Crippen LogP contribution in [0.2, 0.25) is 0 Å². The Balaban J connectivity index is 2.54. The smallest absolute Gasteiger partial charge is 0.125 e. The van der Waals surface area contributed by atoms with Crippen LogP contribution in [0.1, 0.15) is 64.0 Å². The van der Waals surface area contributed by atoms with Gasteiger partial charge in [0, 0.05) is 10.0 Å². The van der Waals surface area contributed by atoms with E-state index in [9.17, 15) is 5.11 Å². The SMILES string of the molecule is CCCCCCCC(O)c1cc(Br)ccc1OCC. The van der Waals surface area contributed by atoms with Gasteiger partial charge in [-0.25, -0.2) is 0 Å². The van der Waals surface area contributed by atoms with E-state index in [4.69, 9.17) is 4.74 Å². The molecule has 2 nitrogen and oxygen atoms in total. The fraction of sp³-hybridized carbons (Fsp3) is 0.625. The summed E-state index contributed by atoms with van der Waals surface area (Å²) in [6, 6.07) is 5.83. The van der Waals surface area contributed by atoms with E-state index in [2.05, 4.69) is 22.9 Å². The maximum atomic E-state index is 10.3. The van der Waals surface area contributed by atoms with Gasteiger partial charge >= 0.3 is 0 Å². The maximum Gasteiger partial charge on any atom is 0.125 e. The highest BCUT2D eigenvalue weighted by Gasteiger charge is 2.13. The van der Waals surface area contributed by atoms with E-state index in [1.165, 1.54) is 25.7 Å². The minimum absolute atomic E-state index is 0.430. The zero-order chi connectivity index (χ0) is 14.1. The van der Waals surface area contributed by atoms with Crippen LogP contribution in [-0.4, -0.2) is 11.7 Å². The molecule has 0 aromatic heterocycles. The average molecular weight is 329 g/mol. The molecular formula is C16H25BrO2. The predicted molar refractivity (Wildman–Crippen MR) is 83.6 cm³/mol. The molecule has 0 heterocycles. The van der Waals surface area contributed by atoms with E-state index in [1.807, 2.05) is 25.1 Å². The van der Waals surface area contributed by atoms with Crippen LogP contribution in [0.5, 0.6) is 5.75 Å². The van der Waals surface area contributed by atoms with Crippen LogP contribution in [0, 0.1) is 0 Å². The molecule has 1 aromatic rings. The molecule has 1 rings (SSSR count). The molecule has 1 atom stereocenters. The lowest BCUT2D eigenvalue weighted by Crippen LogP contribution is -2.03. The standard InChI is InChI=1S/C16H25BrO2/c1-3-5-6-7-8-9-15(18)14-12-13(17)10-11-16(14)19-4-2/h10-12,15,18H,3-9H2,1-2H3. The number of ether oxygens (including phenoxy) is 1. The number of benzene rings is 1. The maximum absolute atomic E-state index is 10.3. The van der Waals surface area contributed by atoms with Crippen LogP contribution in [0.15, 0.2) is 22.7 Å². The molecule has 1 aromatic carbocycles. The number of halogens is 1.